The lowest BCUT2D eigenvalue weighted by Gasteiger charge is -2.15. The molecule has 0 saturated carbocycles. The molecule has 0 aliphatic heterocycles. The van der Waals surface area contributed by atoms with Gasteiger partial charge in [-0.05, 0) is 52.9 Å². The highest BCUT2D eigenvalue weighted by Crippen LogP contribution is 2.28. The third kappa shape index (κ3) is 5.40. The Kier molecular flexibility index (Phi) is 7.19. The van der Waals surface area contributed by atoms with Crippen molar-refractivity contribution in [1.82, 2.24) is 4.72 Å². The van der Waals surface area contributed by atoms with Crippen molar-refractivity contribution in [2.75, 3.05) is 6.54 Å². The summed E-state index contributed by atoms with van der Waals surface area (Å²) in [6.45, 7) is 6.50. The molecule has 7 heteroatoms. The number of hydrogen-bond donors (Lipinski definition) is 1. The maximum absolute atomic E-state index is 12.3. The van der Waals surface area contributed by atoms with Gasteiger partial charge < -0.3 is 0 Å². The predicted molar refractivity (Wildman–Crippen MR) is 93.9 cm³/mol. The quantitative estimate of drug-likeness (QED) is 0.591. The molecule has 114 valence electrons. The largest absolute Gasteiger partial charge is 0.241 e. The number of alkyl halides is 1. The van der Waals surface area contributed by atoms with Gasteiger partial charge in [-0.2, -0.15) is 0 Å². The lowest BCUT2D eigenvalue weighted by atomic mass is 10.1. The highest BCUT2D eigenvalue weighted by molar-refractivity contribution is 9.11. The zero-order valence-electron chi connectivity index (χ0n) is 11.6. The van der Waals surface area contributed by atoms with Crippen molar-refractivity contribution in [3.63, 3.8) is 0 Å². The average molecular weight is 492 g/mol. The fraction of sp³-hybridized carbons (Fsp3) is 0.538. The fourth-order valence-corrected chi connectivity index (χ4v) is 5.59. The van der Waals surface area contributed by atoms with Gasteiger partial charge >= 0.3 is 0 Å². The normalized spacial score (nSPS) is 13.8. The standard InChI is InChI=1S/C13H18Br3NO2S/c1-8(2)4-10(14)7-17-20(18,19)13-6-11(15)9(3)5-12(13)16/h5-6,8,10,17H,4,7H2,1-3H3. The van der Waals surface area contributed by atoms with Gasteiger partial charge in [-0.1, -0.05) is 45.7 Å². The van der Waals surface area contributed by atoms with Gasteiger partial charge in [0.2, 0.25) is 10.0 Å². The van der Waals surface area contributed by atoms with E-state index >= 15 is 0 Å². The molecule has 3 nitrogen and oxygen atoms in total. The number of benzene rings is 1. The third-order valence-electron chi connectivity index (χ3n) is 2.72. The van der Waals surface area contributed by atoms with Crippen LogP contribution in [0, 0.1) is 12.8 Å². The second-order valence-corrected chi connectivity index (χ2v) is 9.85. The Morgan fingerprint density at radius 1 is 1.20 bits per heavy atom. The first-order valence-electron chi connectivity index (χ1n) is 6.23. The Morgan fingerprint density at radius 3 is 2.35 bits per heavy atom. The molecule has 1 aromatic carbocycles. The Bertz CT molecular complexity index is 573. The van der Waals surface area contributed by atoms with Crippen molar-refractivity contribution in [3.05, 3.63) is 26.6 Å². The van der Waals surface area contributed by atoms with E-state index < -0.39 is 10.0 Å². The Balaban J connectivity index is 2.87. The second-order valence-electron chi connectivity index (χ2n) is 5.11. The average Bonchev–Trinajstić information content (AvgIpc) is 2.30. The molecule has 1 N–H and O–H groups in total. The number of nitrogens with one attached hydrogen (secondary N) is 1. The molecule has 0 amide bonds. The summed E-state index contributed by atoms with van der Waals surface area (Å²) in [5.41, 5.74) is 0.981. The topological polar surface area (TPSA) is 46.2 Å². The summed E-state index contributed by atoms with van der Waals surface area (Å²) in [7, 11) is -3.52. The number of rotatable bonds is 6. The van der Waals surface area contributed by atoms with Crippen LogP contribution in [0.4, 0.5) is 0 Å². The molecule has 0 spiro atoms. The summed E-state index contributed by atoms with van der Waals surface area (Å²) < 4.78 is 28.6. The molecule has 0 aliphatic rings. The third-order valence-corrected chi connectivity index (χ3v) is 6.66. The van der Waals surface area contributed by atoms with Crippen LogP contribution in [0.2, 0.25) is 0 Å². The molecular weight excluding hydrogens is 474 g/mol. The van der Waals surface area contributed by atoms with Crippen molar-refractivity contribution in [2.24, 2.45) is 5.92 Å². The van der Waals surface area contributed by atoms with Gasteiger partial charge in [-0.15, -0.1) is 0 Å². The summed E-state index contributed by atoms with van der Waals surface area (Å²) >= 11 is 10.2. The van der Waals surface area contributed by atoms with E-state index in [2.05, 4.69) is 66.4 Å². The van der Waals surface area contributed by atoms with Crippen LogP contribution in [-0.4, -0.2) is 19.8 Å². The highest BCUT2D eigenvalue weighted by Gasteiger charge is 2.20. The van der Waals surface area contributed by atoms with Crippen molar-refractivity contribution in [2.45, 2.75) is 36.9 Å². The van der Waals surface area contributed by atoms with Crippen LogP contribution in [0.3, 0.4) is 0 Å². The summed E-state index contributed by atoms with van der Waals surface area (Å²) in [6, 6.07) is 3.41. The first kappa shape index (κ1) is 18.6. The SMILES string of the molecule is Cc1cc(Br)c(S(=O)(=O)NCC(Br)CC(C)C)cc1Br. The van der Waals surface area contributed by atoms with Gasteiger partial charge in [0.15, 0.2) is 0 Å². The van der Waals surface area contributed by atoms with Crippen molar-refractivity contribution in [3.8, 4) is 0 Å². The van der Waals surface area contributed by atoms with Crippen LogP contribution in [0.25, 0.3) is 0 Å². The summed E-state index contributed by atoms with van der Waals surface area (Å²) in [4.78, 5) is 0.379. The molecule has 1 aromatic rings. The van der Waals surface area contributed by atoms with Gasteiger partial charge in [0.05, 0.1) is 4.90 Å². The van der Waals surface area contributed by atoms with E-state index in [-0.39, 0.29) is 9.72 Å². The van der Waals surface area contributed by atoms with Crippen LogP contribution < -0.4 is 4.72 Å². The Hall–Kier alpha value is 0.570. The van der Waals surface area contributed by atoms with Crippen LogP contribution in [0.1, 0.15) is 25.8 Å². The van der Waals surface area contributed by atoms with Crippen LogP contribution in [0.15, 0.2) is 26.0 Å². The molecule has 0 aromatic heterocycles. The lowest BCUT2D eigenvalue weighted by Crippen LogP contribution is -2.30. The Morgan fingerprint density at radius 2 is 1.80 bits per heavy atom. The van der Waals surface area contributed by atoms with Gasteiger partial charge in [0.1, 0.15) is 0 Å². The monoisotopic (exact) mass is 489 g/mol. The molecule has 20 heavy (non-hydrogen) atoms. The van der Waals surface area contributed by atoms with Crippen LogP contribution in [-0.2, 0) is 10.0 Å². The Labute approximate surface area is 146 Å². The molecule has 0 aliphatic carbocycles. The fourth-order valence-electron chi connectivity index (χ4n) is 1.71. The van der Waals surface area contributed by atoms with E-state index in [1.54, 1.807) is 12.1 Å². The predicted octanol–water partition coefficient (Wildman–Crippen LogP) is 4.61. The van der Waals surface area contributed by atoms with E-state index in [1.165, 1.54) is 0 Å². The molecule has 0 bridgehead atoms. The molecule has 0 saturated heterocycles. The smallest absolute Gasteiger partial charge is 0.210 e. The minimum atomic E-state index is -3.52. The summed E-state index contributed by atoms with van der Waals surface area (Å²) in [5.74, 6) is 0.518. The van der Waals surface area contributed by atoms with Crippen molar-refractivity contribution in [1.29, 1.82) is 0 Å². The van der Waals surface area contributed by atoms with E-state index in [1.807, 2.05) is 6.92 Å². The number of aryl methyl sites for hydroxylation is 1. The molecule has 1 rings (SSSR count). The van der Waals surface area contributed by atoms with Crippen molar-refractivity contribution >= 4 is 57.8 Å². The highest BCUT2D eigenvalue weighted by atomic mass is 79.9. The zero-order chi connectivity index (χ0) is 15.5. The maximum Gasteiger partial charge on any atom is 0.241 e. The van der Waals surface area contributed by atoms with E-state index in [9.17, 15) is 8.42 Å². The van der Waals surface area contributed by atoms with Gasteiger partial charge in [0.25, 0.3) is 0 Å². The molecule has 1 atom stereocenters. The minimum absolute atomic E-state index is 0.130. The van der Waals surface area contributed by atoms with Crippen molar-refractivity contribution < 1.29 is 8.42 Å². The number of hydrogen-bond acceptors (Lipinski definition) is 2. The summed E-state index contributed by atoms with van der Waals surface area (Å²) in [5, 5.41) is 0. The van der Waals surface area contributed by atoms with Gasteiger partial charge in [-0.3, -0.25) is 0 Å². The van der Waals surface area contributed by atoms with Gasteiger partial charge in [-0.25, -0.2) is 13.1 Å². The molecule has 0 fully saturated rings. The molecule has 1 unspecified atom stereocenters. The van der Waals surface area contributed by atoms with Crippen LogP contribution in [0.5, 0.6) is 0 Å². The lowest BCUT2D eigenvalue weighted by molar-refractivity contribution is 0.551. The summed E-state index contributed by atoms with van der Waals surface area (Å²) in [6.07, 6.45) is 0.918. The number of sulfonamides is 1. The molecule has 0 heterocycles. The minimum Gasteiger partial charge on any atom is -0.210 e. The van der Waals surface area contributed by atoms with Crippen LogP contribution >= 0.6 is 47.8 Å². The van der Waals surface area contributed by atoms with Gasteiger partial charge in [0, 0.05) is 20.3 Å². The number of halogens is 3. The molecule has 0 radical (unpaired) electrons. The second kappa shape index (κ2) is 7.72. The van der Waals surface area contributed by atoms with E-state index in [0.717, 1.165) is 16.5 Å². The maximum atomic E-state index is 12.3. The van der Waals surface area contributed by atoms with E-state index in [0.29, 0.717) is 16.9 Å². The van der Waals surface area contributed by atoms with E-state index in [4.69, 9.17) is 0 Å². The zero-order valence-corrected chi connectivity index (χ0v) is 17.2. The first-order valence-corrected chi connectivity index (χ1v) is 10.2. The molecular formula is C13H18Br3NO2S. The first-order chi connectivity index (χ1) is 9.13.